The molecule has 0 aliphatic heterocycles. The standard InChI is InChI=1S/C12H15ClN4O3S/c1-7(2)11-15-10(21(13,18)19)6-17(11)5-9-14-12(20-16-9)8-3-4-8/h6-8H,3-5H2,1-2H3. The van der Waals surface area contributed by atoms with E-state index in [9.17, 15) is 8.42 Å². The van der Waals surface area contributed by atoms with Crippen molar-refractivity contribution in [3.63, 3.8) is 0 Å². The third-order valence-electron chi connectivity index (χ3n) is 3.27. The predicted molar refractivity (Wildman–Crippen MR) is 74.7 cm³/mol. The van der Waals surface area contributed by atoms with E-state index in [0.29, 0.717) is 30.0 Å². The molecule has 0 saturated heterocycles. The van der Waals surface area contributed by atoms with E-state index in [2.05, 4.69) is 15.1 Å². The molecule has 0 amide bonds. The molecule has 2 aromatic heterocycles. The van der Waals surface area contributed by atoms with Crippen LogP contribution in [0.25, 0.3) is 0 Å². The second-order valence-electron chi connectivity index (χ2n) is 5.48. The summed E-state index contributed by atoms with van der Waals surface area (Å²) in [6.45, 7) is 4.16. The second kappa shape index (κ2) is 5.10. The molecule has 0 bridgehead atoms. The maximum atomic E-state index is 11.4. The van der Waals surface area contributed by atoms with Gasteiger partial charge < -0.3 is 9.09 Å². The van der Waals surface area contributed by atoms with Crippen molar-refractivity contribution in [1.29, 1.82) is 0 Å². The van der Waals surface area contributed by atoms with Crippen molar-refractivity contribution in [3.8, 4) is 0 Å². The number of nitrogens with zero attached hydrogens (tertiary/aromatic N) is 4. The van der Waals surface area contributed by atoms with Gasteiger partial charge in [-0.25, -0.2) is 13.4 Å². The van der Waals surface area contributed by atoms with Crippen LogP contribution in [-0.4, -0.2) is 28.1 Å². The molecule has 1 fully saturated rings. The third-order valence-corrected chi connectivity index (χ3v) is 4.44. The summed E-state index contributed by atoms with van der Waals surface area (Å²) in [5.74, 6) is 2.22. The summed E-state index contributed by atoms with van der Waals surface area (Å²) in [6, 6.07) is 0. The molecule has 21 heavy (non-hydrogen) atoms. The van der Waals surface area contributed by atoms with Crippen LogP contribution in [-0.2, 0) is 15.6 Å². The molecule has 3 rings (SSSR count). The molecule has 7 nitrogen and oxygen atoms in total. The molecule has 114 valence electrons. The normalized spacial score (nSPS) is 15.8. The fraction of sp³-hybridized carbons (Fsp3) is 0.583. The number of halogens is 1. The van der Waals surface area contributed by atoms with Crippen LogP contribution in [0.5, 0.6) is 0 Å². The van der Waals surface area contributed by atoms with Gasteiger partial charge in [-0.05, 0) is 12.8 Å². The van der Waals surface area contributed by atoms with Gasteiger partial charge in [0.05, 0.1) is 6.54 Å². The van der Waals surface area contributed by atoms with Crippen molar-refractivity contribution >= 4 is 19.7 Å². The van der Waals surface area contributed by atoms with Crippen LogP contribution >= 0.6 is 10.7 Å². The number of imidazole rings is 1. The van der Waals surface area contributed by atoms with Gasteiger partial charge in [0.1, 0.15) is 5.82 Å². The number of rotatable bonds is 5. The van der Waals surface area contributed by atoms with Crippen LogP contribution < -0.4 is 0 Å². The number of hydrogen-bond donors (Lipinski definition) is 0. The zero-order chi connectivity index (χ0) is 15.2. The Morgan fingerprint density at radius 1 is 1.43 bits per heavy atom. The number of hydrogen-bond acceptors (Lipinski definition) is 6. The average Bonchev–Trinajstić information content (AvgIpc) is 2.96. The van der Waals surface area contributed by atoms with Crippen LogP contribution in [0, 0.1) is 0 Å². The molecule has 0 unspecified atom stereocenters. The van der Waals surface area contributed by atoms with Crippen LogP contribution in [0.1, 0.15) is 56.1 Å². The Hall–Kier alpha value is -1.41. The van der Waals surface area contributed by atoms with E-state index in [1.165, 1.54) is 6.20 Å². The zero-order valence-corrected chi connectivity index (χ0v) is 13.2. The van der Waals surface area contributed by atoms with Crippen molar-refractivity contribution in [3.05, 3.63) is 23.7 Å². The monoisotopic (exact) mass is 330 g/mol. The first kappa shape index (κ1) is 14.5. The Morgan fingerprint density at radius 3 is 2.71 bits per heavy atom. The van der Waals surface area contributed by atoms with Gasteiger partial charge in [0.2, 0.25) is 5.89 Å². The van der Waals surface area contributed by atoms with Gasteiger partial charge in [0.15, 0.2) is 10.9 Å². The Kier molecular flexibility index (Phi) is 3.53. The van der Waals surface area contributed by atoms with Crippen molar-refractivity contribution in [2.75, 3.05) is 0 Å². The summed E-state index contributed by atoms with van der Waals surface area (Å²) < 4.78 is 29.7. The summed E-state index contributed by atoms with van der Waals surface area (Å²) in [4.78, 5) is 8.42. The summed E-state index contributed by atoms with van der Waals surface area (Å²) in [7, 11) is 1.50. The lowest BCUT2D eigenvalue weighted by Gasteiger charge is -2.07. The Balaban J connectivity index is 1.90. The molecule has 1 aliphatic rings. The van der Waals surface area contributed by atoms with Gasteiger partial charge >= 0.3 is 0 Å². The first-order valence-corrected chi connectivity index (χ1v) is 8.99. The molecule has 9 heteroatoms. The van der Waals surface area contributed by atoms with Crippen molar-refractivity contribution in [2.24, 2.45) is 0 Å². The Bertz CT molecular complexity index is 761. The predicted octanol–water partition coefficient (Wildman–Crippen LogP) is 2.24. The van der Waals surface area contributed by atoms with E-state index in [0.717, 1.165) is 12.8 Å². The third kappa shape index (κ3) is 3.11. The van der Waals surface area contributed by atoms with Crippen LogP contribution in [0.15, 0.2) is 15.7 Å². The summed E-state index contributed by atoms with van der Waals surface area (Å²) >= 11 is 0. The Morgan fingerprint density at radius 2 is 2.14 bits per heavy atom. The lowest BCUT2D eigenvalue weighted by Crippen LogP contribution is -2.07. The molecule has 0 atom stereocenters. The fourth-order valence-corrected chi connectivity index (χ4v) is 2.77. The summed E-state index contributed by atoms with van der Waals surface area (Å²) in [6.07, 6.45) is 3.57. The van der Waals surface area contributed by atoms with Crippen LogP contribution in [0.2, 0.25) is 0 Å². The molecule has 0 spiro atoms. The SMILES string of the molecule is CC(C)c1nc(S(=O)(=O)Cl)cn1Cc1noc(C2CC2)n1. The smallest absolute Gasteiger partial charge is 0.280 e. The topological polar surface area (TPSA) is 90.9 Å². The highest BCUT2D eigenvalue weighted by molar-refractivity contribution is 8.13. The van der Waals surface area contributed by atoms with Gasteiger partial charge in [-0.1, -0.05) is 19.0 Å². The van der Waals surface area contributed by atoms with E-state index >= 15 is 0 Å². The van der Waals surface area contributed by atoms with Crippen molar-refractivity contribution in [2.45, 2.75) is 50.1 Å². The molecule has 0 aromatic carbocycles. The first-order valence-electron chi connectivity index (χ1n) is 6.69. The van der Waals surface area contributed by atoms with Crippen molar-refractivity contribution in [1.82, 2.24) is 19.7 Å². The minimum atomic E-state index is -3.85. The maximum Gasteiger partial charge on any atom is 0.280 e. The van der Waals surface area contributed by atoms with Gasteiger partial charge in [-0.2, -0.15) is 4.98 Å². The quantitative estimate of drug-likeness (QED) is 0.781. The number of aromatic nitrogens is 4. The lowest BCUT2D eigenvalue weighted by atomic mass is 10.2. The summed E-state index contributed by atoms with van der Waals surface area (Å²) in [5, 5.41) is 3.77. The highest BCUT2D eigenvalue weighted by atomic mass is 35.7. The van der Waals surface area contributed by atoms with Gasteiger partial charge in [0.25, 0.3) is 9.05 Å². The van der Waals surface area contributed by atoms with Gasteiger partial charge in [-0.15, -0.1) is 0 Å². The fourth-order valence-electron chi connectivity index (χ4n) is 2.09. The van der Waals surface area contributed by atoms with E-state index in [4.69, 9.17) is 15.2 Å². The minimum Gasteiger partial charge on any atom is -0.339 e. The zero-order valence-electron chi connectivity index (χ0n) is 11.7. The lowest BCUT2D eigenvalue weighted by molar-refractivity contribution is 0.372. The largest absolute Gasteiger partial charge is 0.339 e. The minimum absolute atomic E-state index is 0.0481. The second-order valence-corrected chi connectivity index (χ2v) is 7.99. The highest BCUT2D eigenvalue weighted by Crippen LogP contribution is 2.38. The molecular weight excluding hydrogens is 316 g/mol. The van der Waals surface area contributed by atoms with Crippen LogP contribution in [0.3, 0.4) is 0 Å². The molecule has 0 N–H and O–H groups in total. The molecule has 2 heterocycles. The van der Waals surface area contributed by atoms with Crippen molar-refractivity contribution < 1.29 is 12.9 Å². The van der Waals surface area contributed by atoms with E-state index in [1.807, 2.05) is 13.8 Å². The maximum absolute atomic E-state index is 11.4. The van der Waals surface area contributed by atoms with Gasteiger partial charge in [-0.3, -0.25) is 0 Å². The molecular formula is C12H15ClN4O3S. The molecule has 1 saturated carbocycles. The Labute approximate surface area is 126 Å². The average molecular weight is 331 g/mol. The van der Waals surface area contributed by atoms with E-state index < -0.39 is 9.05 Å². The van der Waals surface area contributed by atoms with Crippen LogP contribution in [0.4, 0.5) is 0 Å². The summed E-state index contributed by atoms with van der Waals surface area (Å²) in [5.41, 5.74) is 0. The van der Waals surface area contributed by atoms with Gasteiger partial charge in [0, 0.05) is 28.7 Å². The highest BCUT2D eigenvalue weighted by Gasteiger charge is 2.30. The van der Waals surface area contributed by atoms with E-state index in [-0.39, 0.29) is 10.9 Å². The van der Waals surface area contributed by atoms with E-state index in [1.54, 1.807) is 4.57 Å². The molecule has 1 aliphatic carbocycles. The molecule has 0 radical (unpaired) electrons. The first-order chi connectivity index (χ1) is 9.84. The molecule has 2 aromatic rings.